The smallest absolute Gasteiger partial charge is 0.404 e. The molecule has 0 atom stereocenters. The van der Waals surface area contributed by atoms with Crippen molar-refractivity contribution in [3.8, 4) is 0 Å². The molecule has 100 valence electrons. The van der Waals surface area contributed by atoms with Gasteiger partial charge in [-0.05, 0) is 18.2 Å². The van der Waals surface area contributed by atoms with E-state index in [0.717, 1.165) is 0 Å². The number of nitrogens with two attached hydrogens (primary N) is 2. The molecule has 0 aliphatic carbocycles. The number of sulfonamides is 1. The molecule has 1 aromatic rings. The number of benzene rings is 1. The second kappa shape index (κ2) is 5.89. The van der Waals surface area contributed by atoms with Crippen LogP contribution in [0.25, 0.3) is 0 Å². The monoisotopic (exact) mass is 293 g/mol. The second-order valence-electron chi connectivity index (χ2n) is 3.25. The van der Waals surface area contributed by atoms with Gasteiger partial charge in [-0.1, -0.05) is 11.6 Å². The molecule has 0 saturated carbocycles. The summed E-state index contributed by atoms with van der Waals surface area (Å²) >= 11 is 5.66. The van der Waals surface area contributed by atoms with E-state index in [4.69, 9.17) is 23.1 Å². The molecule has 9 heteroatoms. The summed E-state index contributed by atoms with van der Waals surface area (Å²) in [6, 6.07) is 4.03. The maximum absolute atomic E-state index is 11.8. The Labute approximate surface area is 109 Å². The molecule has 5 N–H and O–H groups in total. The number of ether oxygens (including phenoxy) is 1. The van der Waals surface area contributed by atoms with Gasteiger partial charge in [-0.2, -0.15) is 0 Å². The molecule has 0 aliphatic heterocycles. The van der Waals surface area contributed by atoms with E-state index in [-0.39, 0.29) is 23.7 Å². The number of amides is 1. The van der Waals surface area contributed by atoms with Crippen molar-refractivity contribution in [1.29, 1.82) is 0 Å². The predicted octanol–water partition coefficient (Wildman–Crippen LogP) is 0.296. The molecule has 0 aliphatic rings. The van der Waals surface area contributed by atoms with Gasteiger partial charge in [-0.15, -0.1) is 0 Å². The third-order valence-corrected chi connectivity index (χ3v) is 3.67. The summed E-state index contributed by atoms with van der Waals surface area (Å²) in [5, 5.41) is 0.337. The minimum Gasteiger partial charge on any atom is -0.448 e. The van der Waals surface area contributed by atoms with E-state index >= 15 is 0 Å². The highest BCUT2D eigenvalue weighted by Gasteiger charge is 2.17. The zero-order valence-electron chi connectivity index (χ0n) is 9.22. The first-order chi connectivity index (χ1) is 8.33. The van der Waals surface area contributed by atoms with Crippen LogP contribution in [-0.2, 0) is 14.8 Å². The van der Waals surface area contributed by atoms with Crippen molar-refractivity contribution in [3.05, 3.63) is 23.2 Å². The Morgan fingerprint density at radius 2 is 2.11 bits per heavy atom. The van der Waals surface area contributed by atoms with Crippen LogP contribution in [0.2, 0.25) is 5.02 Å². The molecule has 0 saturated heterocycles. The van der Waals surface area contributed by atoms with Crippen molar-refractivity contribution in [2.24, 2.45) is 5.73 Å². The van der Waals surface area contributed by atoms with Crippen molar-refractivity contribution < 1.29 is 17.9 Å². The lowest BCUT2D eigenvalue weighted by molar-refractivity contribution is 0.159. The molecule has 18 heavy (non-hydrogen) atoms. The summed E-state index contributed by atoms with van der Waals surface area (Å²) in [4.78, 5) is 10.2. The SMILES string of the molecule is NC(=O)OCCNS(=O)(=O)c1ccc(Cl)cc1N. The number of anilines is 1. The van der Waals surface area contributed by atoms with Crippen LogP contribution in [0.4, 0.5) is 10.5 Å². The van der Waals surface area contributed by atoms with E-state index in [2.05, 4.69) is 9.46 Å². The normalized spacial score (nSPS) is 11.2. The summed E-state index contributed by atoms with van der Waals surface area (Å²) in [5.74, 6) is 0. The van der Waals surface area contributed by atoms with Crippen molar-refractivity contribution in [2.75, 3.05) is 18.9 Å². The maximum atomic E-state index is 11.8. The topological polar surface area (TPSA) is 125 Å². The summed E-state index contributed by atoms with van der Waals surface area (Å²) in [6.45, 7) is -0.268. The number of primary amides is 1. The van der Waals surface area contributed by atoms with Gasteiger partial charge < -0.3 is 16.2 Å². The largest absolute Gasteiger partial charge is 0.448 e. The Balaban J connectivity index is 2.71. The van der Waals surface area contributed by atoms with Gasteiger partial charge in [0.25, 0.3) is 0 Å². The van der Waals surface area contributed by atoms with Crippen LogP contribution in [0.1, 0.15) is 0 Å². The Morgan fingerprint density at radius 3 is 2.67 bits per heavy atom. The van der Waals surface area contributed by atoms with Crippen LogP contribution < -0.4 is 16.2 Å². The Kier molecular flexibility index (Phi) is 4.76. The average molecular weight is 294 g/mol. The molecule has 1 aromatic carbocycles. The Hall–Kier alpha value is -1.51. The number of carbonyl (C=O) groups excluding carboxylic acids is 1. The summed E-state index contributed by atoms with van der Waals surface area (Å²) in [5.41, 5.74) is 10.3. The molecular weight excluding hydrogens is 282 g/mol. The highest BCUT2D eigenvalue weighted by molar-refractivity contribution is 7.89. The number of nitrogen functional groups attached to an aromatic ring is 1. The minimum atomic E-state index is -3.77. The number of rotatable bonds is 5. The van der Waals surface area contributed by atoms with Crippen molar-refractivity contribution in [3.63, 3.8) is 0 Å². The van der Waals surface area contributed by atoms with Gasteiger partial charge >= 0.3 is 6.09 Å². The first-order valence-corrected chi connectivity index (χ1v) is 6.66. The lowest BCUT2D eigenvalue weighted by atomic mass is 10.3. The summed E-state index contributed by atoms with van der Waals surface area (Å²) < 4.78 is 30.2. The van der Waals surface area contributed by atoms with Crippen LogP contribution in [-0.4, -0.2) is 27.7 Å². The lowest BCUT2D eigenvalue weighted by Crippen LogP contribution is -2.29. The molecule has 7 nitrogen and oxygen atoms in total. The van der Waals surface area contributed by atoms with Crippen molar-refractivity contribution in [2.45, 2.75) is 4.90 Å². The first-order valence-electron chi connectivity index (χ1n) is 4.80. The molecule has 1 rings (SSSR count). The Bertz CT molecular complexity index is 547. The number of halogens is 1. The van der Waals surface area contributed by atoms with Crippen molar-refractivity contribution in [1.82, 2.24) is 4.72 Å². The van der Waals surface area contributed by atoms with Crippen LogP contribution in [0.5, 0.6) is 0 Å². The van der Waals surface area contributed by atoms with E-state index in [1.807, 2.05) is 0 Å². The first kappa shape index (κ1) is 14.6. The molecule has 0 fully saturated rings. The molecule has 0 radical (unpaired) electrons. The van der Waals surface area contributed by atoms with E-state index < -0.39 is 16.1 Å². The van der Waals surface area contributed by atoms with Crippen LogP contribution in [0.3, 0.4) is 0 Å². The Morgan fingerprint density at radius 1 is 1.44 bits per heavy atom. The number of hydrogen-bond acceptors (Lipinski definition) is 5. The molecule has 0 heterocycles. The maximum Gasteiger partial charge on any atom is 0.404 e. The van der Waals surface area contributed by atoms with Gasteiger partial charge in [0.2, 0.25) is 10.0 Å². The standard InChI is InChI=1S/C9H12ClN3O4S/c10-6-1-2-8(7(11)5-6)18(15,16)13-3-4-17-9(12)14/h1-2,5,13H,3-4,11H2,(H2,12,14). The third kappa shape index (κ3) is 4.06. The number of hydrogen-bond donors (Lipinski definition) is 3. The third-order valence-electron chi connectivity index (χ3n) is 1.90. The van der Waals surface area contributed by atoms with Gasteiger partial charge in [0.15, 0.2) is 0 Å². The number of carbonyl (C=O) groups is 1. The van der Waals surface area contributed by atoms with Crippen molar-refractivity contribution >= 4 is 33.4 Å². The summed E-state index contributed by atoms with van der Waals surface area (Å²) in [6.07, 6.45) is -0.972. The highest BCUT2D eigenvalue weighted by Crippen LogP contribution is 2.21. The zero-order chi connectivity index (χ0) is 13.8. The molecule has 1 amide bonds. The van der Waals surface area contributed by atoms with Crippen LogP contribution in [0, 0.1) is 0 Å². The fourth-order valence-electron chi connectivity index (χ4n) is 1.17. The second-order valence-corrected chi connectivity index (χ2v) is 5.42. The van der Waals surface area contributed by atoms with Gasteiger partial charge in [-0.3, -0.25) is 0 Å². The van der Waals surface area contributed by atoms with Gasteiger partial charge in [0.05, 0.1) is 5.69 Å². The summed E-state index contributed by atoms with van der Waals surface area (Å²) in [7, 11) is -3.77. The molecular formula is C9H12ClN3O4S. The zero-order valence-corrected chi connectivity index (χ0v) is 10.8. The van der Waals surface area contributed by atoms with Gasteiger partial charge in [-0.25, -0.2) is 17.9 Å². The quantitative estimate of drug-likeness (QED) is 0.532. The highest BCUT2D eigenvalue weighted by atomic mass is 35.5. The van der Waals surface area contributed by atoms with Crippen LogP contribution in [0.15, 0.2) is 23.1 Å². The molecule has 0 aromatic heterocycles. The molecule has 0 unspecified atom stereocenters. The fourth-order valence-corrected chi connectivity index (χ4v) is 2.47. The van der Waals surface area contributed by atoms with E-state index in [0.29, 0.717) is 5.02 Å². The van der Waals surface area contributed by atoms with Gasteiger partial charge in [0.1, 0.15) is 11.5 Å². The number of nitrogens with one attached hydrogen (secondary N) is 1. The molecule has 0 spiro atoms. The van der Waals surface area contributed by atoms with E-state index in [1.54, 1.807) is 0 Å². The van der Waals surface area contributed by atoms with Crippen LogP contribution >= 0.6 is 11.6 Å². The van der Waals surface area contributed by atoms with Gasteiger partial charge in [0, 0.05) is 11.6 Å². The molecule has 0 bridgehead atoms. The van der Waals surface area contributed by atoms with E-state index in [1.165, 1.54) is 18.2 Å². The lowest BCUT2D eigenvalue weighted by Gasteiger charge is -2.09. The minimum absolute atomic E-state index is 0.0332. The predicted molar refractivity (Wildman–Crippen MR) is 66.6 cm³/mol. The fraction of sp³-hybridized carbons (Fsp3) is 0.222. The van der Waals surface area contributed by atoms with E-state index in [9.17, 15) is 13.2 Å². The average Bonchev–Trinajstić information content (AvgIpc) is 2.23.